The number of ether oxygens (including phenoxy) is 1. The van der Waals surface area contributed by atoms with Gasteiger partial charge in [-0.1, -0.05) is 53.2 Å². The van der Waals surface area contributed by atoms with E-state index in [1.165, 1.54) is 0 Å². The molecule has 0 heterocycles. The van der Waals surface area contributed by atoms with Crippen molar-refractivity contribution in [2.75, 3.05) is 6.61 Å². The van der Waals surface area contributed by atoms with Crippen LogP contribution in [0.3, 0.4) is 0 Å². The Balaban J connectivity index is 2.14. The highest BCUT2D eigenvalue weighted by Gasteiger charge is 2.04. The van der Waals surface area contributed by atoms with Crippen LogP contribution in [0.5, 0.6) is 5.75 Å². The standard InChI is InChI=1S/C16H12Cl2O2/c17-14-7-8-16(15(18)10-14)20-11-13-5-2-1-4-12(13)6-3-9-19/h1-2,4-5,7-8,10,19H,9,11H2. The van der Waals surface area contributed by atoms with E-state index in [-0.39, 0.29) is 6.61 Å². The number of halogens is 2. The molecule has 0 spiro atoms. The molecule has 2 aromatic carbocycles. The highest BCUT2D eigenvalue weighted by molar-refractivity contribution is 6.35. The van der Waals surface area contributed by atoms with Gasteiger partial charge < -0.3 is 9.84 Å². The first-order valence-electron chi connectivity index (χ1n) is 5.96. The summed E-state index contributed by atoms with van der Waals surface area (Å²) in [5.74, 6) is 6.09. The van der Waals surface area contributed by atoms with Crippen LogP contribution in [-0.4, -0.2) is 11.7 Å². The van der Waals surface area contributed by atoms with Crippen molar-refractivity contribution in [1.82, 2.24) is 0 Å². The molecule has 0 atom stereocenters. The van der Waals surface area contributed by atoms with Gasteiger partial charge >= 0.3 is 0 Å². The van der Waals surface area contributed by atoms with Crippen LogP contribution in [0.25, 0.3) is 0 Å². The van der Waals surface area contributed by atoms with Crippen molar-refractivity contribution >= 4 is 23.2 Å². The molecular weight excluding hydrogens is 295 g/mol. The maximum atomic E-state index is 8.75. The van der Waals surface area contributed by atoms with Gasteiger partial charge in [-0.2, -0.15) is 0 Å². The van der Waals surface area contributed by atoms with Crippen LogP contribution in [0.15, 0.2) is 42.5 Å². The van der Waals surface area contributed by atoms with Crippen molar-refractivity contribution in [2.45, 2.75) is 6.61 Å². The molecular formula is C16H12Cl2O2. The number of benzene rings is 2. The Hall–Kier alpha value is -1.66. The quantitative estimate of drug-likeness (QED) is 0.871. The van der Waals surface area contributed by atoms with Crippen LogP contribution in [0.1, 0.15) is 11.1 Å². The van der Waals surface area contributed by atoms with E-state index >= 15 is 0 Å². The summed E-state index contributed by atoms with van der Waals surface area (Å²) in [4.78, 5) is 0. The second kappa shape index (κ2) is 7.21. The minimum absolute atomic E-state index is 0.168. The Morgan fingerprint density at radius 2 is 1.90 bits per heavy atom. The first-order chi connectivity index (χ1) is 9.70. The van der Waals surface area contributed by atoms with E-state index in [0.29, 0.717) is 22.4 Å². The highest BCUT2D eigenvalue weighted by Crippen LogP contribution is 2.28. The Labute approximate surface area is 127 Å². The summed E-state index contributed by atoms with van der Waals surface area (Å²) in [5, 5.41) is 9.79. The van der Waals surface area contributed by atoms with E-state index in [0.717, 1.165) is 11.1 Å². The largest absolute Gasteiger partial charge is 0.487 e. The summed E-state index contributed by atoms with van der Waals surface area (Å²) in [7, 11) is 0. The van der Waals surface area contributed by atoms with E-state index in [9.17, 15) is 0 Å². The van der Waals surface area contributed by atoms with Crippen LogP contribution in [0.4, 0.5) is 0 Å². The molecule has 0 fully saturated rings. The molecule has 0 amide bonds. The van der Waals surface area contributed by atoms with Gasteiger partial charge in [0.05, 0.1) is 5.02 Å². The lowest BCUT2D eigenvalue weighted by molar-refractivity contribution is 0.306. The fourth-order valence-electron chi connectivity index (χ4n) is 1.65. The molecule has 0 radical (unpaired) electrons. The maximum Gasteiger partial charge on any atom is 0.138 e. The third-order valence-electron chi connectivity index (χ3n) is 2.60. The smallest absolute Gasteiger partial charge is 0.138 e. The zero-order chi connectivity index (χ0) is 14.4. The van der Waals surface area contributed by atoms with E-state index in [1.54, 1.807) is 18.2 Å². The van der Waals surface area contributed by atoms with Gasteiger partial charge in [-0.05, 0) is 24.3 Å². The molecule has 2 nitrogen and oxygen atoms in total. The number of hydrogen-bond acceptors (Lipinski definition) is 2. The summed E-state index contributed by atoms with van der Waals surface area (Å²) >= 11 is 11.9. The van der Waals surface area contributed by atoms with Gasteiger partial charge in [0.1, 0.15) is 19.0 Å². The molecule has 0 bridgehead atoms. The average Bonchev–Trinajstić information content (AvgIpc) is 2.45. The lowest BCUT2D eigenvalue weighted by Crippen LogP contribution is -1.98. The van der Waals surface area contributed by atoms with Crippen LogP contribution in [-0.2, 0) is 6.61 Å². The second-order valence-corrected chi connectivity index (χ2v) is 4.82. The summed E-state index contributed by atoms with van der Waals surface area (Å²) in [6.45, 7) is 0.176. The summed E-state index contributed by atoms with van der Waals surface area (Å²) in [6, 6.07) is 12.7. The molecule has 0 aliphatic carbocycles. The molecule has 0 unspecified atom stereocenters. The molecule has 2 rings (SSSR count). The predicted molar refractivity (Wildman–Crippen MR) is 81.2 cm³/mol. The lowest BCUT2D eigenvalue weighted by atomic mass is 10.1. The molecule has 0 aromatic heterocycles. The van der Waals surface area contributed by atoms with Crippen molar-refractivity contribution in [2.24, 2.45) is 0 Å². The first-order valence-corrected chi connectivity index (χ1v) is 6.72. The fraction of sp³-hybridized carbons (Fsp3) is 0.125. The first kappa shape index (κ1) is 14.7. The fourth-order valence-corrected chi connectivity index (χ4v) is 2.11. The summed E-state index contributed by atoms with van der Waals surface area (Å²) in [6.07, 6.45) is 0. The van der Waals surface area contributed by atoms with Gasteiger partial charge in [-0.3, -0.25) is 0 Å². The second-order valence-electron chi connectivity index (χ2n) is 3.98. The zero-order valence-electron chi connectivity index (χ0n) is 10.6. The zero-order valence-corrected chi connectivity index (χ0v) is 12.1. The monoisotopic (exact) mass is 306 g/mol. The Morgan fingerprint density at radius 3 is 2.65 bits per heavy atom. The normalized spacial score (nSPS) is 9.75. The predicted octanol–water partition coefficient (Wildman–Crippen LogP) is 3.92. The number of rotatable bonds is 3. The van der Waals surface area contributed by atoms with Crippen molar-refractivity contribution in [3.63, 3.8) is 0 Å². The van der Waals surface area contributed by atoms with Gasteiger partial charge in [0.15, 0.2) is 0 Å². The number of aliphatic hydroxyl groups excluding tert-OH is 1. The van der Waals surface area contributed by atoms with Crippen LogP contribution in [0, 0.1) is 11.8 Å². The number of aliphatic hydroxyl groups is 1. The van der Waals surface area contributed by atoms with Crippen molar-refractivity contribution in [3.05, 3.63) is 63.6 Å². The molecule has 20 heavy (non-hydrogen) atoms. The highest BCUT2D eigenvalue weighted by atomic mass is 35.5. The van der Waals surface area contributed by atoms with Crippen molar-refractivity contribution in [3.8, 4) is 17.6 Å². The Kier molecular flexibility index (Phi) is 5.31. The maximum absolute atomic E-state index is 8.75. The van der Waals surface area contributed by atoms with Crippen LogP contribution >= 0.6 is 23.2 Å². The van der Waals surface area contributed by atoms with E-state index in [2.05, 4.69) is 11.8 Å². The SMILES string of the molecule is OCC#Cc1ccccc1COc1ccc(Cl)cc1Cl. The molecule has 102 valence electrons. The van der Waals surface area contributed by atoms with Gasteiger partial charge in [-0.15, -0.1) is 0 Å². The molecule has 0 aliphatic rings. The van der Waals surface area contributed by atoms with Gasteiger partial charge in [0.2, 0.25) is 0 Å². The summed E-state index contributed by atoms with van der Waals surface area (Å²) in [5.41, 5.74) is 1.76. The molecule has 0 saturated heterocycles. The van der Waals surface area contributed by atoms with E-state index in [1.807, 2.05) is 24.3 Å². The van der Waals surface area contributed by atoms with Crippen LogP contribution < -0.4 is 4.74 Å². The molecule has 4 heteroatoms. The topological polar surface area (TPSA) is 29.5 Å². The van der Waals surface area contributed by atoms with Gasteiger partial charge in [0.25, 0.3) is 0 Å². The lowest BCUT2D eigenvalue weighted by Gasteiger charge is -2.09. The van der Waals surface area contributed by atoms with Gasteiger partial charge in [-0.25, -0.2) is 0 Å². The third-order valence-corrected chi connectivity index (χ3v) is 3.13. The molecule has 0 saturated carbocycles. The van der Waals surface area contributed by atoms with Gasteiger partial charge in [0, 0.05) is 16.1 Å². The van der Waals surface area contributed by atoms with Crippen molar-refractivity contribution in [1.29, 1.82) is 0 Å². The molecule has 2 aromatic rings. The third kappa shape index (κ3) is 3.91. The van der Waals surface area contributed by atoms with E-state index in [4.69, 9.17) is 33.0 Å². The Morgan fingerprint density at radius 1 is 1.10 bits per heavy atom. The Bertz CT molecular complexity index is 657. The molecule has 1 N–H and O–H groups in total. The number of hydrogen-bond donors (Lipinski definition) is 1. The average molecular weight is 307 g/mol. The molecule has 0 aliphatic heterocycles. The van der Waals surface area contributed by atoms with Crippen LogP contribution in [0.2, 0.25) is 10.0 Å². The van der Waals surface area contributed by atoms with E-state index < -0.39 is 0 Å². The minimum Gasteiger partial charge on any atom is -0.487 e. The van der Waals surface area contributed by atoms with Crippen molar-refractivity contribution < 1.29 is 9.84 Å². The summed E-state index contributed by atoms with van der Waals surface area (Å²) < 4.78 is 5.68. The minimum atomic E-state index is -0.168.